The van der Waals surface area contributed by atoms with Gasteiger partial charge in [0, 0.05) is 21.8 Å². The van der Waals surface area contributed by atoms with Crippen molar-refractivity contribution in [2.75, 3.05) is 6.61 Å². The van der Waals surface area contributed by atoms with Crippen LogP contribution in [-0.4, -0.2) is 16.6 Å². The lowest BCUT2D eigenvalue weighted by Gasteiger charge is -2.39. The average Bonchev–Trinajstić information content (AvgIpc) is 3.33. The van der Waals surface area contributed by atoms with Crippen LogP contribution in [0.4, 0.5) is 0 Å². The van der Waals surface area contributed by atoms with E-state index in [0.717, 1.165) is 5.56 Å². The zero-order valence-corrected chi connectivity index (χ0v) is 15.6. The highest BCUT2D eigenvalue weighted by Gasteiger charge is 2.31. The van der Waals surface area contributed by atoms with Crippen LogP contribution in [0, 0.1) is 0 Å². The molecule has 126 valence electrons. The third-order valence-corrected chi connectivity index (χ3v) is 6.61. The highest BCUT2D eigenvalue weighted by atomic mass is 32.1. The van der Waals surface area contributed by atoms with Crippen LogP contribution in [0.25, 0.3) is 0 Å². The molecule has 0 saturated carbocycles. The van der Waals surface area contributed by atoms with E-state index in [1.165, 1.54) is 9.75 Å². The fourth-order valence-electron chi connectivity index (χ4n) is 3.27. The van der Waals surface area contributed by atoms with Crippen LogP contribution < -0.4 is 0 Å². The number of rotatable bonds is 7. The molecule has 2 heterocycles. The van der Waals surface area contributed by atoms with Gasteiger partial charge in [0.15, 0.2) is 0 Å². The molecule has 0 aliphatic carbocycles. The Balaban J connectivity index is 2.00. The van der Waals surface area contributed by atoms with Crippen molar-refractivity contribution in [2.24, 2.45) is 0 Å². The first-order chi connectivity index (χ1) is 11.7. The number of benzene rings is 1. The van der Waals surface area contributed by atoms with Crippen molar-refractivity contribution in [1.29, 1.82) is 0 Å². The molecule has 3 rings (SSSR count). The summed E-state index contributed by atoms with van der Waals surface area (Å²) in [7, 11) is 0. The Morgan fingerprint density at radius 2 is 1.38 bits per heavy atom. The molecule has 3 aromatic rings. The summed E-state index contributed by atoms with van der Waals surface area (Å²) in [5.74, 6) is 0. The van der Waals surface area contributed by atoms with E-state index in [4.69, 9.17) is 0 Å². The fraction of sp³-hybridized carbons (Fsp3) is 0.300. The van der Waals surface area contributed by atoms with Gasteiger partial charge < -0.3 is 5.11 Å². The van der Waals surface area contributed by atoms with Crippen molar-refractivity contribution in [3.63, 3.8) is 0 Å². The molecule has 0 fully saturated rings. The van der Waals surface area contributed by atoms with Crippen LogP contribution >= 0.6 is 22.7 Å². The van der Waals surface area contributed by atoms with Crippen molar-refractivity contribution in [3.8, 4) is 0 Å². The molecule has 24 heavy (non-hydrogen) atoms. The smallest absolute Gasteiger partial charge is 0.0629 e. The van der Waals surface area contributed by atoms with Gasteiger partial charge in [0.2, 0.25) is 0 Å². The first-order valence-corrected chi connectivity index (χ1v) is 9.98. The van der Waals surface area contributed by atoms with E-state index >= 15 is 0 Å². The van der Waals surface area contributed by atoms with Crippen LogP contribution in [0.2, 0.25) is 0 Å². The highest BCUT2D eigenvalue weighted by molar-refractivity contribution is 7.10. The van der Waals surface area contributed by atoms with Crippen LogP contribution in [0.1, 0.15) is 47.3 Å². The van der Waals surface area contributed by atoms with Gasteiger partial charge in [0.05, 0.1) is 12.6 Å². The minimum Gasteiger partial charge on any atom is -0.394 e. The molecular formula is C20H23NOS2. The first kappa shape index (κ1) is 17.4. The fourth-order valence-corrected chi connectivity index (χ4v) is 4.85. The van der Waals surface area contributed by atoms with Crippen molar-refractivity contribution in [1.82, 2.24) is 4.90 Å². The van der Waals surface area contributed by atoms with Gasteiger partial charge in [-0.15, -0.1) is 22.7 Å². The summed E-state index contributed by atoms with van der Waals surface area (Å²) >= 11 is 3.55. The predicted molar refractivity (Wildman–Crippen MR) is 104 cm³/mol. The van der Waals surface area contributed by atoms with Gasteiger partial charge >= 0.3 is 0 Å². The summed E-state index contributed by atoms with van der Waals surface area (Å²) in [5, 5.41) is 14.5. The van der Waals surface area contributed by atoms with Crippen LogP contribution in [0.15, 0.2) is 65.4 Å². The highest BCUT2D eigenvalue weighted by Crippen LogP contribution is 2.40. The zero-order valence-electron chi connectivity index (χ0n) is 14.0. The van der Waals surface area contributed by atoms with Gasteiger partial charge in [-0.05, 0) is 42.3 Å². The van der Waals surface area contributed by atoms with E-state index < -0.39 is 0 Å². The van der Waals surface area contributed by atoms with Crippen LogP contribution in [0.5, 0.6) is 0 Å². The van der Waals surface area contributed by atoms with Gasteiger partial charge in [0.1, 0.15) is 0 Å². The van der Waals surface area contributed by atoms with Crippen molar-refractivity contribution in [3.05, 3.63) is 80.7 Å². The van der Waals surface area contributed by atoms with Gasteiger partial charge in [0.25, 0.3) is 0 Å². The van der Waals surface area contributed by atoms with E-state index in [-0.39, 0.29) is 24.7 Å². The van der Waals surface area contributed by atoms with Gasteiger partial charge in [-0.1, -0.05) is 42.5 Å². The molecule has 0 unspecified atom stereocenters. The molecule has 4 heteroatoms. The zero-order chi connectivity index (χ0) is 16.9. The molecule has 0 spiro atoms. The Morgan fingerprint density at radius 1 is 0.833 bits per heavy atom. The van der Waals surface area contributed by atoms with Crippen molar-refractivity contribution in [2.45, 2.75) is 32.0 Å². The second-order valence-electron chi connectivity index (χ2n) is 5.94. The summed E-state index contributed by atoms with van der Waals surface area (Å²) < 4.78 is 0. The Bertz CT molecular complexity index is 669. The Kier molecular flexibility index (Phi) is 5.85. The van der Waals surface area contributed by atoms with Crippen molar-refractivity contribution < 1.29 is 5.11 Å². The van der Waals surface area contributed by atoms with Gasteiger partial charge in [-0.3, -0.25) is 4.90 Å². The molecule has 2 aromatic heterocycles. The SMILES string of the molecule is C[C@@H](c1cccs1)N([C@@H](C)c1cccs1)[C@@H](CO)c1ccccc1. The quantitative estimate of drug-likeness (QED) is 0.589. The Hall–Kier alpha value is -1.46. The normalized spacial score (nSPS) is 15.3. The molecule has 0 saturated heterocycles. The number of aliphatic hydroxyl groups is 1. The summed E-state index contributed by atoms with van der Waals surface area (Å²) in [6, 6.07) is 19.3. The number of hydrogen-bond acceptors (Lipinski definition) is 4. The van der Waals surface area contributed by atoms with Crippen molar-refractivity contribution >= 4 is 22.7 Å². The summed E-state index contributed by atoms with van der Waals surface area (Å²) in [6.45, 7) is 4.58. The lowest BCUT2D eigenvalue weighted by atomic mass is 10.0. The maximum atomic E-state index is 10.2. The standard InChI is InChI=1S/C20H23NOS2/c1-15(19-10-6-12-23-19)21(16(2)20-11-7-13-24-20)18(14-22)17-8-4-3-5-9-17/h3-13,15-16,18,22H,14H2,1-2H3/t15-,16-,18-/m0/s1. The Labute approximate surface area is 152 Å². The third kappa shape index (κ3) is 3.62. The Morgan fingerprint density at radius 3 is 1.79 bits per heavy atom. The molecule has 0 aliphatic rings. The molecule has 1 aromatic carbocycles. The summed E-state index contributed by atoms with van der Waals surface area (Å²) in [5.41, 5.74) is 1.16. The molecule has 0 aliphatic heterocycles. The van der Waals surface area contributed by atoms with Gasteiger partial charge in [-0.25, -0.2) is 0 Å². The lowest BCUT2D eigenvalue weighted by molar-refractivity contribution is 0.0551. The van der Waals surface area contributed by atoms with E-state index in [1.54, 1.807) is 22.7 Å². The average molecular weight is 358 g/mol. The number of nitrogens with zero attached hydrogens (tertiary/aromatic N) is 1. The predicted octanol–water partition coefficient (Wildman–Crippen LogP) is 5.67. The maximum absolute atomic E-state index is 10.2. The molecule has 3 atom stereocenters. The van der Waals surface area contributed by atoms with E-state index in [2.05, 4.69) is 65.9 Å². The second-order valence-corrected chi connectivity index (χ2v) is 7.90. The number of aliphatic hydroxyl groups excluding tert-OH is 1. The maximum Gasteiger partial charge on any atom is 0.0629 e. The summed E-state index contributed by atoms with van der Waals surface area (Å²) in [6.07, 6.45) is 0. The second kappa shape index (κ2) is 8.08. The van der Waals surface area contributed by atoms with Crippen LogP contribution in [-0.2, 0) is 0 Å². The van der Waals surface area contributed by atoms with Crippen LogP contribution in [0.3, 0.4) is 0 Å². The molecule has 0 amide bonds. The molecule has 1 N–H and O–H groups in total. The number of thiophene rings is 2. The molecule has 0 bridgehead atoms. The molecular weight excluding hydrogens is 334 g/mol. The van der Waals surface area contributed by atoms with E-state index in [1.807, 2.05) is 18.2 Å². The minimum absolute atomic E-state index is 0.0274. The molecule has 0 radical (unpaired) electrons. The lowest BCUT2D eigenvalue weighted by Crippen LogP contribution is -2.35. The third-order valence-electron chi connectivity index (χ3n) is 4.52. The van der Waals surface area contributed by atoms with E-state index in [0.29, 0.717) is 0 Å². The first-order valence-electron chi connectivity index (χ1n) is 8.22. The summed E-state index contributed by atoms with van der Waals surface area (Å²) in [4.78, 5) is 5.09. The monoisotopic (exact) mass is 357 g/mol. The van der Waals surface area contributed by atoms with Gasteiger partial charge in [-0.2, -0.15) is 0 Å². The largest absolute Gasteiger partial charge is 0.394 e. The number of hydrogen-bond donors (Lipinski definition) is 1. The van der Waals surface area contributed by atoms with E-state index in [9.17, 15) is 5.11 Å². The minimum atomic E-state index is -0.0274. The topological polar surface area (TPSA) is 23.5 Å². The molecule has 2 nitrogen and oxygen atoms in total.